The summed E-state index contributed by atoms with van der Waals surface area (Å²) in [7, 11) is 1.58. The number of nitrogens with zero attached hydrogens (tertiary/aromatic N) is 4. The Hall–Kier alpha value is -2.63. The molecule has 120 valence electrons. The van der Waals surface area contributed by atoms with E-state index in [1.165, 1.54) is 5.69 Å². The lowest BCUT2D eigenvalue weighted by Crippen LogP contribution is -2.49. The molecule has 2 aromatic heterocycles. The zero-order valence-electron chi connectivity index (χ0n) is 13.4. The Labute approximate surface area is 135 Å². The second kappa shape index (κ2) is 6.64. The standard InChI is InChI=1S/C17H20N4O2/c1-13-12-18-5-4-16(13)20-7-9-21(10-8-20)17(22)15-11-14(23-2)3-6-19-15/h3-6,11-12H,7-10H2,1-2H3. The van der Waals surface area contributed by atoms with Gasteiger partial charge in [0.2, 0.25) is 0 Å². The van der Waals surface area contributed by atoms with Gasteiger partial charge in [0.05, 0.1) is 7.11 Å². The van der Waals surface area contributed by atoms with Crippen LogP contribution in [-0.2, 0) is 0 Å². The lowest BCUT2D eigenvalue weighted by Gasteiger charge is -2.36. The molecule has 1 amide bonds. The summed E-state index contributed by atoms with van der Waals surface area (Å²) in [4.78, 5) is 25.0. The van der Waals surface area contributed by atoms with E-state index in [1.807, 2.05) is 17.2 Å². The number of carbonyl (C=O) groups is 1. The molecule has 6 nitrogen and oxygen atoms in total. The van der Waals surface area contributed by atoms with Crippen molar-refractivity contribution in [2.24, 2.45) is 0 Å². The maximum atomic E-state index is 12.6. The van der Waals surface area contributed by atoms with Gasteiger partial charge < -0.3 is 14.5 Å². The number of aryl methyl sites for hydroxylation is 1. The fourth-order valence-electron chi connectivity index (χ4n) is 2.79. The predicted molar refractivity (Wildman–Crippen MR) is 87.9 cm³/mol. The molecule has 3 heterocycles. The molecule has 0 atom stereocenters. The fraction of sp³-hybridized carbons (Fsp3) is 0.353. The number of hydrogen-bond acceptors (Lipinski definition) is 5. The molecule has 1 fully saturated rings. The third kappa shape index (κ3) is 3.26. The van der Waals surface area contributed by atoms with E-state index < -0.39 is 0 Å². The van der Waals surface area contributed by atoms with Crippen LogP contribution in [0, 0.1) is 6.92 Å². The van der Waals surface area contributed by atoms with Crippen molar-refractivity contribution in [3.8, 4) is 5.75 Å². The van der Waals surface area contributed by atoms with Crippen molar-refractivity contribution < 1.29 is 9.53 Å². The fourth-order valence-corrected chi connectivity index (χ4v) is 2.79. The van der Waals surface area contributed by atoms with Gasteiger partial charge in [-0.15, -0.1) is 0 Å². The molecule has 0 saturated carbocycles. The molecule has 2 aromatic rings. The van der Waals surface area contributed by atoms with Crippen molar-refractivity contribution in [3.63, 3.8) is 0 Å². The van der Waals surface area contributed by atoms with Crippen LogP contribution in [0.5, 0.6) is 5.75 Å². The van der Waals surface area contributed by atoms with Crippen LogP contribution in [0.15, 0.2) is 36.8 Å². The Morgan fingerprint density at radius 2 is 1.96 bits per heavy atom. The van der Waals surface area contributed by atoms with Crippen LogP contribution in [0.1, 0.15) is 16.1 Å². The quantitative estimate of drug-likeness (QED) is 0.864. The molecule has 1 aliphatic heterocycles. The van der Waals surface area contributed by atoms with E-state index in [-0.39, 0.29) is 5.91 Å². The first-order chi connectivity index (χ1) is 11.2. The molecule has 0 unspecified atom stereocenters. The van der Waals surface area contributed by atoms with Crippen molar-refractivity contribution in [2.75, 3.05) is 38.2 Å². The van der Waals surface area contributed by atoms with Crippen LogP contribution < -0.4 is 9.64 Å². The summed E-state index contributed by atoms with van der Waals surface area (Å²) in [5, 5.41) is 0. The molecule has 3 rings (SSSR count). The molecule has 1 saturated heterocycles. The largest absolute Gasteiger partial charge is 0.497 e. The van der Waals surface area contributed by atoms with Crippen molar-refractivity contribution in [1.82, 2.24) is 14.9 Å². The minimum Gasteiger partial charge on any atom is -0.497 e. The Morgan fingerprint density at radius 3 is 2.65 bits per heavy atom. The van der Waals surface area contributed by atoms with Gasteiger partial charge in [-0.25, -0.2) is 0 Å². The molecule has 0 spiro atoms. The molecular formula is C17H20N4O2. The first kappa shape index (κ1) is 15.3. The monoisotopic (exact) mass is 312 g/mol. The summed E-state index contributed by atoms with van der Waals surface area (Å²) in [6, 6.07) is 5.44. The zero-order chi connectivity index (χ0) is 16.2. The number of amides is 1. The van der Waals surface area contributed by atoms with Gasteiger partial charge in [0.15, 0.2) is 0 Å². The zero-order valence-corrected chi connectivity index (χ0v) is 13.4. The topological polar surface area (TPSA) is 58.6 Å². The molecule has 0 N–H and O–H groups in total. The van der Waals surface area contributed by atoms with Crippen molar-refractivity contribution in [1.29, 1.82) is 0 Å². The van der Waals surface area contributed by atoms with Crippen LogP contribution in [-0.4, -0.2) is 54.1 Å². The SMILES string of the molecule is COc1ccnc(C(=O)N2CCN(c3ccncc3C)CC2)c1. The van der Waals surface area contributed by atoms with Crippen LogP contribution >= 0.6 is 0 Å². The van der Waals surface area contributed by atoms with Gasteiger partial charge in [-0.05, 0) is 24.6 Å². The summed E-state index contributed by atoms with van der Waals surface area (Å²) in [5.41, 5.74) is 2.77. The highest BCUT2D eigenvalue weighted by atomic mass is 16.5. The number of pyridine rings is 2. The van der Waals surface area contributed by atoms with Gasteiger partial charge in [-0.3, -0.25) is 14.8 Å². The number of hydrogen-bond donors (Lipinski definition) is 0. The van der Waals surface area contributed by atoms with E-state index in [1.54, 1.807) is 31.6 Å². The number of piperazine rings is 1. The minimum absolute atomic E-state index is 0.0463. The van der Waals surface area contributed by atoms with Crippen molar-refractivity contribution in [3.05, 3.63) is 48.0 Å². The van der Waals surface area contributed by atoms with Gasteiger partial charge in [0, 0.05) is 56.5 Å². The lowest BCUT2D eigenvalue weighted by molar-refractivity contribution is 0.0740. The smallest absolute Gasteiger partial charge is 0.272 e. The van der Waals surface area contributed by atoms with E-state index in [4.69, 9.17) is 4.74 Å². The molecule has 6 heteroatoms. The van der Waals surface area contributed by atoms with Crippen LogP contribution in [0.3, 0.4) is 0 Å². The van der Waals surface area contributed by atoms with E-state index in [0.717, 1.165) is 18.7 Å². The number of anilines is 1. The molecule has 0 aromatic carbocycles. The maximum Gasteiger partial charge on any atom is 0.272 e. The van der Waals surface area contributed by atoms with Gasteiger partial charge in [0.25, 0.3) is 5.91 Å². The number of ether oxygens (including phenoxy) is 1. The first-order valence-electron chi connectivity index (χ1n) is 7.64. The highest BCUT2D eigenvalue weighted by Crippen LogP contribution is 2.20. The summed E-state index contributed by atoms with van der Waals surface area (Å²) in [6.45, 7) is 5.03. The Morgan fingerprint density at radius 1 is 1.17 bits per heavy atom. The normalized spacial score (nSPS) is 14.7. The molecule has 0 aliphatic carbocycles. The summed E-state index contributed by atoms with van der Waals surface area (Å²) in [6.07, 6.45) is 5.27. The summed E-state index contributed by atoms with van der Waals surface area (Å²) >= 11 is 0. The van der Waals surface area contributed by atoms with E-state index in [2.05, 4.69) is 21.8 Å². The van der Waals surface area contributed by atoms with Gasteiger partial charge in [-0.2, -0.15) is 0 Å². The van der Waals surface area contributed by atoms with Crippen LogP contribution in [0.2, 0.25) is 0 Å². The van der Waals surface area contributed by atoms with Gasteiger partial charge in [-0.1, -0.05) is 0 Å². The second-order valence-corrected chi connectivity index (χ2v) is 5.52. The average Bonchev–Trinajstić information content (AvgIpc) is 2.62. The molecule has 0 radical (unpaired) electrons. The second-order valence-electron chi connectivity index (χ2n) is 5.52. The van der Waals surface area contributed by atoms with Gasteiger partial charge >= 0.3 is 0 Å². The Bertz CT molecular complexity index is 696. The minimum atomic E-state index is -0.0463. The molecule has 1 aliphatic rings. The van der Waals surface area contributed by atoms with Crippen LogP contribution in [0.25, 0.3) is 0 Å². The van der Waals surface area contributed by atoms with Gasteiger partial charge in [0.1, 0.15) is 11.4 Å². The molecular weight excluding hydrogens is 292 g/mol. The number of rotatable bonds is 3. The number of methoxy groups -OCH3 is 1. The highest BCUT2D eigenvalue weighted by Gasteiger charge is 2.23. The van der Waals surface area contributed by atoms with E-state index >= 15 is 0 Å². The van der Waals surface area contributed by atoms with Crippen molar-refractivity contribution >= 4 is 11.6 Å². The molecule has 0 bridgehead atoms. The third-order valence-electron chi connectivity index (χ3n) is 4.08. The lowest BCUT2D eigenvalue weighted by atomic mass is 10.2. The molecule has 23 heavy (non-hydrogen) atoms. The van der Waals surface area contributed by atoms with E-state index in [9.17, 15) is 4.79 Å². The van der Waals surface area contributed by atoms with E-state index in [0.29, 0.717) is 24.5 Å². The Balaban J connectivity index is 1.66. The summed E-state index contributed by atoms with van der Waals surface area (Å²) < 4.78 is 5.16. The first-order valence-corrected chi connectivity index (χ1v) is 7.64. The van der Waals surface area contributed by atoms with Crippen molar-refractivity contribution in [2.45, 2.75) is 6.92 Å². The van der Waals surface area contributed by atoms with Crippen LogP contribution in [0.4, 0.5) is 5.69 Å². The number of carbonyl (C=O) groups excluding carboxylic acids is 1. The average molecular weight is 312 g/mol. The number of aromatic nitrogens is 2. The maximum absolute atomic E-state index is 12.6. The summed E-state index contributed by atoms with van der Waals surface area (Å²) in [5.74, 6) is 0.601. The third-order valence-corrected chi connectivity index (χ3v) is 4.08. The predicted octanol–water partition coefficient (Wildman–Crippen LogP) is 1.76. The highest BCUT2D eigenvalue weighted by molar-refractivity contribution is 5.92. The Kier molecular flexibility index (Phi) is 4.41.